The van der Waals surface area contributed by atoms with Crippen LogP contribution in [0.15, 0.2) is 36.4 Å². The SMILES string of the molecule is COc1cc2c(cc1OC)C(O)(CNC(=O)CCc1ccccc1F)CC2. The van der Waals surface area contributed by atoms with Gasteiger partial charge in [-0.3, -0.25) is 4.79 Å². The predicted octanol–water partition coefficient (Wildman–Crippen LogP) is 2.73. The van der Waals surface area contributed by atoms with Crippen LogP contribution < -0.4 is 14.8 Å². The molecule has 144 valence electrons. The van der Waals surface area contributed by atoms with Gasteiger partial charge in [0.1, 0.15) is 11.4 Å². The van der Waals surface area contributed by atoms with Crippen molar-refractivity contribution in [2.45, 2.75) is 31.3 Å². The summed E-state index contributed by atoms with van der Waals surface area (Å²) in [6, 6.07) is 10.1. The second-order valence-corrected chi connectivity index (χ2v) is 6.76. The Morgan fingerprint density at radius 2 is 1.93 bits per heavy atom. The van der Waals surface area contributed by atoms with Crippen LogP contribution in [0.25, 0.3) is 0 Å². The second-order valence-electron chi connectivity index (χ2n) is 6.76. The fraction of sp³-hybridized carbons (Fsp3) is 0.381. The van der Waals surface area contributed by atoms with Gasteiger partial charge in [0.05, 0.1) is 20.8 Å². The summed E-state index contributed by atoms with van der Waals surface area (Å²) in [7, 11) is 3.12. The number of amides is 1. The van der Waals surface area contributed by atoms with Crippen LogP contribution in [0, 0.1) is 5.82 Å². The van der Waals surface area contributed by atoms with Crippen molar-refractivity contribution < 1.29 is 23.8 Å². The third kappa shape index (κ3) is 4.06. The van der Waals surface area contributed by atoms with Crippen LogP contribution in [0.1, 0.15) is 29.5 Å². The Bertz CT molecular complexity index is 839. The number of methoxy groups -OCH3 is 2. The molecular weight excluding hydrogens is 349 g/mol. The van der Waals surface area contributed by atoms with Crippen molar-refractivity contribution in [1.29, 1.82) is 0 Å². The van der Waals surface area contributed by atoms with Crippen LogP contribution in [-0.4, -0.2) is 31.8 Å². The molecule has 0 saturated heterocycles. The van der Waals surface area contributed by atoms with Crippen LogP contribution >= 0.6 is 0 Å². The molecule has 3 rings (SSSR count). The Labute approximate surface area is 158 Å². The molecule has 0 spiro atoms. The Morgan fingerprint density at radius 1 is 1.22 bits per heavy atom. The number of fused-ring (bicyclic) bond motifs is 1. The summed E-state index contributed by atoms with van der Waals surface area (Å²) >= 11 is 0. The van der Waals surface area contributed by atoms with E-state index >= 15 is 0 Å². The topological polar surface area (TPSA) is 67.8 Å². The molecule has 1 aliphatic carbocycles. The molecule has 2 N–H and O–H groups in total. The Kier molecular flexibility index (Phi) is 5.65. The molecule has 1 atom stereocenters. The van der Waals surface area contributed by atoms with Gasteiger partial charge in [-0.1, -0.05) is 18.2 Å². The number of rotatable bonds is 7. The molecule has 6 heteroatoms. The van der Waals surface area contributed by atoms with Gasteiger partial charge in [0.15, 0.2) is 11.5 Å². The summed E-state index contributed by atoms with van der Waals surface area (Å²) < 4.78 is 24.3. The van der Waals surface area contributed by atoms with Gasteiger partial charge in [-0.05, 0) is 54.2 Å². The van der Waals surface area contributed by atoms with Gasteiger partial charge in [0.2, 0.25) is 5.91 Å². The summed E-state index contributed by atoms with van der Waals surface area (Å²) in [6.45, 7) is 0.103. The van der Waals surface area contributed by atoms with Gasteiger partial charge >= 0.3 is 0 Å². The number of hydrogen-bond donors (Lipinski definition) is 2. The van der Waals surface area contributed by atoms with Crippen molar-refractivity contribution in [2.75, 3.05) is 20.8 Å². The molecule has 5 nitrogen and oxygen atoms in total. The van der Waals surface area contributed by atoms with E-state index in [9.17, 15) is 14.3 Å². The zero-order valence-corrected chi connectivity index (χ0v) is 15.5. The fourth-order valence-corrected chi connectivity index (χ4v) is 3.50. The summed E-state index contributed by atoms with van der Waals surface area (Å²) in [6.07, 6.45) is 1.68. The van der Waals surface area contributed by atoms with Crippen molar-refractivity contribution in [3.8, 4) is 11.5 Å². The zero-order valence-electron chi connectivity index (χ0n) is 15.5. The minimum atomic E-state index is -1.15. The molecule has 0 aromatic heterocycles. The monoisotopic (exact) mass is 373 g/mol. The van der Waals surface area contributed by atoms with Crippen molar-refractivity contribution >= 4 is 5.91 Å². The predicted molar refractivity (Wildman–Crippen MR) is 99.5 cm³/mol. The van der Waals surface area contributed by atoms with Gasteiger partial charge in [0.25, 0.3) is 0 Å². The molecule has 27 heavy (non-hydrogen) atoms. The Morgan fingerprint density at radius 3 is 2.63 bits per heavy atom. The molecule has 1 unspecified atom stereocenters. The normalized spacial score (nSPS) is 18.1. The minimum absolute atomic E-state index is 0.103. The van der Waals surface area contributed by atoms with Gasteiger partial charge in [0, 0.05) is 6.42 Å². The number of aliphatic hydroxyl groups is 1. The number of carbonyl (C=O) groups excluding carboxylic acids is 1. The number of nitrogens with one attached hydrogen (secondary N) is 1. The highest BCUT2D eigenvalue weighted by atomic mass is 19.1. The Hall–Kier alpha value is -2.60. The van der Waals surface area contributed by atoms with Crippen molar-refractivity contribution in [2.24, 2.45) is 0 Å². The highest BCUT2D eigenvalue weighted by molar-refractivity contribution is 5.76. The van der Waals surface area contributed by atoms with Crippen LogP contribution in [0.4, 0.5) is 4.39 Å². The third-order valence-corrected chi connectivity index (χ3v) is 5.08. The van der Waals surface area contributed by atoms with Gasteiger partial charge < -0.3 is 19.9 Å². The van der Waals surface area contributed by atoms with Crippen LogP contribution in [0.2, 0.25) is 0 Å². The minimum Gasteiger partial charge on any atom is -0.493 e. The van der Waals surface area contributed by atoms with Crippen molar-refractivity contribution in [1.82, 2.24) is 5.32 Å². The molecule has 1 amide bonds. The maximum atomic E-state index is 13.6. The number of halogens is 1. The number of ether oxygens (including phenoxy) is 2. The molecule has 0 fully saturated rings. The van der Waals surface area contributed by atoms with E-state index in [4.69, 9.17) is 9.47 Å². The first-order valence-electron chi connectivity index (χ1n) is 8.94. The van der Waals surface area contributed by atoms with E-state index in [2.05, 4.69) is 5.32 Å². The van der Waals surface area contributed by atoms with Gasteiger partial charge in [-0.25, -0.2) is 4.39 Å². The van der Waals surface area contributed by atoms with E-state index in [0.29, 0.717) is 36.3 Å². The zero-order chi connectivity index (χ0) is 19.4. The lowest BCUT2D eigenvalue weighted by Gasteiger charge is -2.25. The summed E-state index contributed by atoms with van der Waals surface area (Å²) in [5.41, 5.74) is 1.09. The number of aryl methyl sites for hydroxylation is 2. The van der Waals surface area contributed by atoms with Crippen LogP contribution in [0.3, 0.4) is 0 Å². The second kappa shape index (κ2) is 7.96. The maximum Gasteiger partial charge on any atom is 0.220 e. The molecule has 0 heterocycles. The van der Waals surface area contributed by atoms with E-state index in [0.717, 1.165) is 11.1 Å². The number of hydrogen-bond acceptors (Lipinski definition) is 4. The van der Waals surface area contributed by atoms with Gasteiger partial charge in [-0.2, -0.15) is 0 Å². The standard InChI is InChI=1S/C21H24FNO4/c1-26-18-11-15-9-10-21(25,16(15)12-19(18)27-2)13-23-20(24)8-7-14-5-3-4-6-17(14)22/h3-6,11-12,25H,7-10,13H2,1-2H3,(H,23,24). The highest BCUT2D eigenvalue weighted by Crippen LogP contribution is 2.42. The lowest BCUT2D eigenvalue weighted by molar-refractivity contribution is -0.122. The molecule has 0 bridgehead atoms. The average molecular weight is 373 g/mol. The van der Waals surface area contributed by atoms with E-state index in [-0.39, 0.29) is 24.7 Å². The fourth-order valence-electron chi connectivity index (χ4n) is 3.50. The smallest absolute Gasteiger partial charge is 0.220 e. The average Bonchev–Trinajstić information content (AvgIpc) is 3.01. The lowest BCUT2D eigenvalue weighted by atomic mass is 9.95. The molecule has 0 radical (unpaired) electrons. The summed E-state index contributed by atoms with van der Waals surface area (Å²) in [4.78, 5) is 12.2. The molecule has 2 aromatic rings. The largest absolute Gasteiger partial charge is 0.493 e. The molecule has 1 aliphatic rings. The first kappa shape index (κ1) is 19.2. The molecule has 0 saturated carbocycles. The first-order valence-corrected chi connectivity index (χ1v) is 8.94. The first-order chi connectivity index (χ1) is 13.0. The summed E-state index contributed by atoms with van der Waals surface area (Å²) in [5.74, 6) is 0.632. The lowest BCUT2D eigenvalue weighted by Crippen LogP contribution is -2.39. The number of carbonyl (C=O) groups is 1. The molecule has 2 aromatic carbocycles. The number of benzene rings is 2. The van der Waals surface area contributed by atoms with Crippen molar-refractivity contribution in [3.05, 3.63) is 58.9 Å². The summed E-state index contributed by atoms with van der Waals surface area (Å²) in [5, 5.41) is 13.8. The van der Waals surface area contributed by atoms with Crippen LogP contribution in [0.5, 0.6) is 11.5 Å². The van der Waals surface area contributed by atoms with Crippen molar-refractivity contribution in [3.63, 3.8) is 0 Å². The molecule has 0 aliphatic heterocycles. The van der Waals surface area contributed by atoms with E-state index < -0.39 is 5.60 Å². The maximum absolute atomic E-state index is 13.6. The Balaban J connectivity index is 1.63. The molecular formula is C21H24FNO4. The van der Waals surface area contributed by atoms with E-state index in [1.807, 2.05) is 6.07 Å². The highest BCUT2D eigenvalue weighted by Gasteiger charge is 2.38. The van der Waals surface area contributed by atoms with Gasteiger partial charge in [-0.15, -0.1) is 0 Å². The third-order valence-electron chi connectivity index (χ3n) is 5.08. The van der Waals surface area contributed by atoms with E-state index in [1.54, 1.807) is 38.5 Å². The van der Waals surface area contributed by atoms with E-state index in [1.165, 1.54) is 6.07 Å². The van der Waals surface area contributed by atoms with Crippen LogP contribution in [-0.2, 0) is 23.2 Å². The quantitative estimate of drug-likeness (QED) is 0.783.